The molecule has 1 aliphatic heterocycles. The van der Waals surface area contributed by atoms with Crippen LogP contribution in [0.15, 0.2) is 48.8 Å². The lowest BCUT2D eigenvalue weighted by Gasteiger charge is -2.41. The van der Waals surface area contributed by atoms with Crippen LogP contribution in [0.4, 0.5) is 20.5 Å². The van der Waals surface area contributed by atoms with Crippen LogP contribution in [0.5, 0.6) is 5.75 Å². The lowest BCUT2D eigenvalue weighted by molar-refractivity contribution is -0.156. The summed E-state index contributed by atoms with van der Waals surface area (Å²) in [7, 11) is -6.95. The second kappa shape index (κ2) is 14.7. The Labute approximate surface area is 308 Å². The number of esters is 1. The van der Waals surface area contributed by atoms with E-state index in [2.05, 4.69) is 24.9 Å². The van der Waals surface area contributed by atoms with E-state index in [4.69, 9.17) is 24.3 Å². The first kappa shape index (κ1) is 39.4. The van der Waals surface area contributed by atoms with Gasteiger partial charge >= 0.3 is 13.7 Å². The molecule has 2 fully saturated rings. The predicted octanol–water partition coefficient (Wildman–Crippen LogP) is 2.36. The molecule has 1 aliphatic carbocycles. The number of nitrogens with two attached hydrogens (primary N) is 1. The average molecular weight is 797 g/mol. The van der Waals surface area contributed by atoms with Crippen molar-refractivity contribution < 1.29 is 55.3 Å². The molecule has 3 heterocycles. The molecule has 54 heavy (non-hydrogen) atoms. The Morgan fingerprint density at radius 3 is 2.46 bits per heavy atom. The minimum absolute atomic E-state index is 0.00874. The van der Waals surface area contributed by atoms with Crippen molar-refractivity contribution in [2.45, 2.75) is 69.3 Å². The molecule has 0 amide bonds. The topological polar surface area (TPSA) is 243 Å². The summed E-state index contributed by atoms with van der Waals surface area (Å²) in [5.74, 6) is -2.96. The summed E-state index contributed by atoms with van der Waals surface area (Å²) >= 11 is 0. The predicted molar refractivity (Wildman–Crippen MR) is 188 cm³/mol. The first-order chi connectivity index (χ1) is 25.3. The molecule has 2 aliphatic rings. The molecule has 2 aromatic carbocycles. The highest BCUT2D eigenvalue weighted by molar-refractivity contribution is 7.88. The van der Waals surface area contributed by atoms with Crippen LogP contribution < -0.4 is 25.2 Å². The van der Waals surface area contributed by atoms with Crippen LogP contribution in [0, 0.1) is 18.6 Å². The van der Waals surface area contributed by atoms with Crippen molar-refractivity contribution >= 4 is 46.7 Å². The average Bonchev–Trinajstić information content (AvgIpc) is 3.58. The number of fused-ring (bicyclic) bond motifs is 1. The molecular formula is C32H39F2N8O10PS. The molecule has 1 saturated carbocycles. The van der Waals surface area contributed by atoms with Gasteiger partial charge in [0.15, 0.2) is 23.2 Å². The number of carbonyl (C=O) groups excluding carboxylic acids is 1. The number of nitrogen functional groups attached to an aromatic ring is 1. The lowest BCUT2D eigenvalue weighted by Crippen LogP contribution is -2.57. The lowest BCUT2D eigenvalue weighted by atomic mass is 9.78. The number of aryl methyl sites for hydroxylation is 1. The van der Waals surface area contributed by atoms with Crippen LogP contribution >= 0.6 is 7.75 Å². The van der Waals surface area contributed by atoms with Gasteiger partial charge in [-0.15, -0.1) is 4.83 Å². The zero-order valence-electron chi connectivity index (χ0n) is 29.5. The SMILES string of the molecule is Cc1ccc(OP(=O)(NC2(C(=O)OCc3c(F)cccc3F)CCC2)OCC2OC(n3cnc4c(N(C)NS(C)(=O)=O)nc(N)nc43)[C@](C)(O)[C@@H]2O)cc1. The number of nitrogens with one attached hydrogen (secondary N) is 2. The number of imidazole rings is 1. The summed E-state index contributed by atoms with van der Waals surface area (Å²) in [6.45, 7) is 1.71. The van der Waals surface area contributed by atoms with Crippen molar-refractivity contribution in [1.82, 2.24) is 29.4 Å². The molecule has 22 heteroatoms. The first-order valence-electron chi connectivity index (χ1n) is 16.5. The van der Waals surface area contributed by atoms with Gasteiger partial charge in [0.2, 0.25) is 16.0 Å². The highest BCUT2D eigenvalue weighted by Crippen LogP contribution is 2.51. The number of anilines is 2. The van der Waals surface area contributed by atoms with Crippen molar-refractivity contribution in [3.8, 4) is 5.75 Å². The van der Waals surface area contributed by atoms with Crippen LogP contribution in [-0.4, -0.2) is 87.4 Å². The van der Waals surface area contributed by atoms with Crippen molar-refractivity contribution in [3.63, 3.8) is 0 Å². The molecule has 6 rings (SSSR count). The Bertz CT molecular complexity index is 2190. The van der Waals surface area contributed by atoms with Crippen molar-refractivity contribution in [3.05, 3.63) is 71.6 Å². The number of hydrazine groups is 1. The Balaban J connectivity index is 1.24. The fraction of sp³-hybridized carbons (Fsp3) is 0.438. The van der Waals surface area contributed by atoms with Gasteiger partial charge in [0.05, 0.1) is 24.8 Å². The third-order valence-corrected chi connectivity index (χ3v) is 11.3. The van der Waals surface area contributed by atoms with Crippen LogP contribution in [0.25, 0.3) is 11.2 Å². The third kappa shape index (κ3) is 8.03. The van der Waals surface area contributed by atoms with E-state index in [9.17, 15) is 36.8 Å². The van der Waals surface area contributed by atoms with Gasteiger partial charge in [-0.1, -0.05) is 23.8 Å². The molecule has 0 spiro atoms. The first-order valence-corrected chi connectivity index (χ1v) is 19.9. The number of hydrogen-bond acceptors (Lipinski definition) is 15. The second-order valence-electron chi connectivity index (χ2n) is 13.4. The summed E-state index contributed by atoms with van der Waals surface area (Å²) in [5.41, 5.74) is 2.72. The number of nitrogens with zero attached hydrogens (tertiary/aromatic N) is 5. The Hall–Kier alpha value is -4.34. The van der Waals surface area contributed by atoms with Crippen LogP contribution in [-0.2, 0) is 40.0 Å². The maximum absolute atomic E-state index is 14.5. The smallest absolute Gasteiger partial charge is 0.459 e. The summed E-state index contributed by atoms with van der Waals surface area (Å²) < 4.78 is 91.0. The van der Waals surface area contributed by atoms with Gasteiger partial charge in [0.25, 0.3) is 0 Å². The number of aliphatic hydroxyl groups is 2. The van der Waals surface area contributed by atoms with E-state index in [1.165, 1.54) is 43.1 Å². The minimum atomic E-state index is -4.58. The molecular weight excluding hydrogens is 757 g/mol. The fourth-order valence-electron chi connectivity index (χ4n) is 6.08. The summed E-state index contributed by atoms with van der Waals surface area (Å²) in [6, 6.07) is 9.65. The van der Waals surface area contributed by atoms with Gasteiger partial charge in [-0.05, 0) is 57.4 Å². The van der Waals surface area contributed by atoms with E-state index in [-0.39, 0.29) is 41.5 Å². The quantitative estimate of drug-likeness (QED) is 0.0699. The van der Waals surface area contributed by atoms with Gasteiger partial charge in [0, 0.05) is 7.05 Å². The number of aromatic nitrogens is 4. The highest BCUT2D eigenvalue weighted by Gasteiger charge is 2.56. The summed E-state index contributed by atoms with van der Waals surface area (Å²) in [4.78, 5) is 28.2. The Kier molecular flexibility index (Phi) is 10.7. The summed E-state index contributed by atoms with van der Waals surface area (Å²) in [5, 5.41) is 26.6. The number of sulfonamides is 1. The Morgan fingerprint density at radius 1 is 1.19 bits per heavy atom. The number of hydrogen-bond donors (Lipinski definition) is 5. The van der Waals surface area contributed by atoms with Gasteiger partial charge in [-0.2, -0.15) is 15.1 Å². The number of aliphatic hydroxyl groups excluding tert-OH is 1. The molecule has 18 nitrogen and oxygen atoms in total. The van der Waals surface area contributed by atoms with Gasteiger partial charge < -0.3 is 29.9 Å². The van der Waals surface area contributed by atoms with E-state index in [1.807, 2.05) is 6.92 Å². The standard InChI is InChI=1S/C32H39F2N8O10PS/c1-18-9-11-19(12-10-18)52-53(46,39-32(13-6-14-32)29(44)49-15-20-21(33)7-5-8-22(20)34)50-16-23-25(43)31(2,45)28(51-23)42-17-36-24-26(37-30(35)38-27(24)42)41(3)40-54(4,47)48/h5,7-12,17,23,25,28,40,43,45H,6,13-16H2,1-4H3,(H,39,46)(H2,35,37,38)/t23?,25-,28?,31-,53?/m1/s1. The van der Waals surface area contributed by atoms with Gasteiger partial charge in [-0.25, -0.2) is 26.7 Å². The number of carbonyl (C=O) groups is 1. The highest BCUT2D eigenvalue weighted by atomic mass is 32.2. The third-order valence-electron chi connectivity index (χ3n) is 9.06. The van der Waals surface area contributed by atoms with E-state index >= 15 is 0 Å². The van der Waals surface area contributed by atoms with Crippen LogP contribution in [0.1, 0.15) is 43.5 Å². The molecule has 0 bridgehead atoms. The monoisotopic (exact) mass is 796 g/mol. The molecule has 5 atom stereocenters. The molecule has 2 aromatic heterocycles. The molecule has 1 saturated heterocycles. The van der Waals surface area contributed by atoms with Gasteiger partial charge in [-0.3, -0.25) is 18.9 Å². The Morgan fingerprint density at radius 2 is 1.85 bits per heavy atom. The molecule has 0 radical (unpaired) electrons. The zero-order chi connectivity index (χ0) is 39.2. The molecule has 292 valence electrons. The minimum Gasteiger partial charge on any atom is -0.459 e. The van der Waals surface area contributed by atoms with E-state index in [0.717, 1.165) is 29.0 Å². The number of halogens is 2. The normalized spacial score (nSPS) is 23.4. The second-order valence-corrected chi connectivity index (χ2v) is 16.8. The maximum Gasteiger partial charge on any atom is 0.459 e. The van der Waals surface area contributed by atoms with Crippen molar-refractivity contribution in [1.29, 1.82) is 0 Å². The van der Waals surface area contributed by atoms with Crippen molar-refractivity contribution in [2.75, 3.05) is 30.7 Å². The summed E-state index contributed by atoms with van der Waals surface area (Å²) in [6.07, 6.45) is -1.57. The molecule has 3 unspecified atom stereocenters. The fourth-order valence-corrected chi connectivity index (χ4v) is 8.41. The maximum atomic E-state index is 14.5. The van der Waals surface area contributed by atoms with Crippen molar-refractivity contribution in [2.24, 2.45) is 0 Å². The zero-order valence-corrected chi connectivity index (χ0v) is 31.2. The van der Waals surface area contributed by atoms with Crippen LogP contribution in [0.3, 0.4) is 0 Å². The van der Waals surface area contributed by atoms with E-state index < -0.39 is 83.7 Å². The van der Waals surface area contributed by atoms with Gasteiger partial charge in [0.1, 0.15) is 47.3 Å². The number of rotatable bonds is 14. The molecule has 4 aromatic rings. The van der Waals surface area contributed by atoms with E-state index in [0.29, 0.717) is 6.42 Å². The number of benzene rings is 2. The van der Waals surface area contributed by atoms with Crippen LogP contribution in [0.2, 0.25) is 0 Å². The molecule has 6 N–H and O–H groups in total. The number of ether oxygens (including phenoxy) is 2. The van der Waals surface area contributed by atoms with E-state index in [1.54, 1.807) is 12.1 Å². The largest absolute Gasteiger partial charge is 0.459 e.